The molecule has 0 radical (unpaired) electrons. The second kappa shape index (κ2) is 7.73. The number of aromatic nitrogens is 2. The highest BCUT2D eigenvalue weighted by Crippen LogP contribution is 2.17. The summed E-state index contributed by atoms with van der Waals surface area (Å²) in [6, 6.07) is 12.8. The Hall–Kier alpha value is -2.62. The minimum atomic E-state index is -3.73. The third kappa shape index (κ3) is 4.72. The molecule has 2 aromatic carbocycles. The maximum atomic E-state index is 12.2. The number of nitrogens with two attached hydrogens (primary N) is 1. The number of nitrogens with one attached hydrogen (secondary N) is 1. The number of halogens is 1. The maximum Gasteiger partial charge on any atom is 0.264 e. The fourth-order valence-electron chi connectivity index (χ4n) is 2.02. The molecule has 0 aliphatic carbocycles. The Morgan fingerprint density at radius 1 is 1.19 bits per heavy atom. The first kappa shape index (κ1) is 18.2. The van der Waals surface area contributed by atoms with Crippen LogP contribution in [-0.4, -0.2) is 18.6 Å². The first-order valence-electron chi connectivity index (χ1n) is 7.47. The quantitative estimate of drug-likeness (QED) is 0.590. The van der Waals surface area contributed by atoms with Gasteiger partial charge in [-0.15, -0.1) is 0 Å². The Morgan fingerprint density at radius 2 is 1.96 bits per heavy atom. The number of benzene rings is 2. The van der Waals surface area contributed by atoms with Crippen molar-refractivity contribution in [3.8, 4) is 5.75 Å². The fraction of sp³-hybridized carbons (Fsp3) is 0.125. The van der Waals surface area contributed by atoms with Gasteiger partial charge < -0.3 is 15.0 Å². The summed E-state index contributed by atoms with van der Waals surface area (Å²) in [4.78, 5) is 4.14. The van der Waals surface area contributed by atoms with Crippen molar-refractivity contribution in [2.24, 2.45) is 0 Å². The number of anilines is 1. The minimum absolute atomic E-state index is 0.0522. The molecule has 0 atom stereocenters. The molecule has 1 heterocycles. The van der Waals surface area contributed by atoms with Crippen molar-refractivity contribution in [2.75, 3.05) is 5.73 Å². The highest BCUT2D eigenvalue weighted by molar-refractivity contribution is 7.89. The summed E-state index contributed by atoms with van der Waals surface area (Å²) < 4.78 is 37.3. The van der Waals surface area contributed by atoms with Crippen LogP contribution in [0.3, 0.4) is 0 Å². The van der Waals surface area contributed by atoms with Crippen LogP contribution in [0.15, 0.2) is 57.9 Å². The number of rotatable bonds is 7. The van der Waals surface area contributed by atoms with Gasteiger partial charge >= 0.3 is 0 Å². The molecule has 0 fully saturated rings. The minimum Gasteiger partial charge on any atom is -0.484 e. The molecular weight excluding hydrogens is 380 g/mol. The molecule has 1 aromatic heterocycles. The predicted octanol–water partition coefficient (Wildman–Crippen LogP) is 2.36. The maximum absolute atomic E-state index is 12.2. The van der Waals surface area contributed by atoms with Gasteiger partial charge in [0.1, 0.15) is 5.75 Å². The van der Waals surface area contributed by atoms with Crippen LogP contribution in [0.25, 0.3) is 0 Å². The van der Waals surface area contributed by atoms with Crippen LogP contribution >= 0.6 is 11.6 Å². The van der Waals surface area contributed by atoms with E-state index in [2.05, 4.69) is 14.9 Å². The summed E-state index contributed by atoms with van der Waals surface area (Å²) >= 11 is 5.80. The van der Waals surface area contributed by atoms with Crippen molar-refractivity contribution >= 4 is 27.3 Å². The largest absolute Gasteiger partial charge is 0.484 e. The zero-order valence-electron chi connectivity index (χ0n) is 13.4. The molecule has 26 heavy (non-hydrogen) atoms. The Bertz CT molecular complexity index is 989. The van der Waals surface area contributed by atoms with Gasteiger partial charge in [-0.2, -0.15) is 4.98 Å². The summed E-state index contributed by atoms with van der Waals surface area (Å²) in [5, 5.41) is 4.32. The van der Waals surface area contributed by atoms with Crippen molar-refractivity contribution in [1.82, 2.24) is 14.9 Å². The van der Waals surface area contributed by atoms with E-state index in [0.29, 0.717) is 16.5 Å². The van der Waals surface area contributed by atoms with Crippen LogP contribution < -0.4 is 15.2 Å². The van der Waals surface area contributed by atoms with E-state index in [1.54, 1.807) is 36.4 Å². The topological polar surface area (TPSA) is 120 Å². The van der Waals surface area contributed by atoms with Gasteiger partial charge in [0.15, 0.2) is 12.4 Å². The molecule has 10 heteroatoms. The monoisotopic (exact) mass is 394 g/mol. The summed E-state index contributed by atoms with van der Waals surface area (Å²) in [7, 11) is -3.73. The number of nitrogen functional groups attached to an aromatic ring is 1. The van der Waals surface area contributed by atoms with E-state index in [1.807, 2.05) is 0 Å². The van der Waals surface area contributed by atoms with Crippen LogP contribution in [0.5, 0.6) is 5.75 Å². The fourth-order valence-corrected chi connectivity index (χ4v) is 3.18. The molecule has 0 saturated carbocycles. The number of nitrogens with zero attached hydrogens (tertiary/aromatic N) is 2. The van der Waals surface area contributed by atoms with E-state index in [0.717, 1.165) is 0 Å². The molecule has 0 aliphatic heterocycles. The molecule has 0 amide bonds. The van der Waals surface area contributed by atoms with Crippen LogP contribution in [-0.2, 0) is 23.2 Å². The van der Waals surface area contributed by atoms with Crippen molar-refractivity contribution in [3.63, 3.8) is 0 Å². The highest BCUT2D eigenvalue weighted by Gasteiger charge is 2.16. The number of hydrogen-bond acceptors (Lipinski definition) is 7. The third-order valence-corrected chi connectivity index (χ3v) is 4.93. The van der Waals surface area contributed by atoms with Gasteiger partial charge in [0.25, 0.3) is 5.89 Å². The van der Waals surface area contributed by atoms with Crippen molar-refractivity contribution in [3.05, 3.63) is 65.3 Å². The zero-order chi connectivity index (χ0) is 18.6. The van der Waals surface area contributed by atoms with Crippen molar-refractivity contribution in [1.29, 1.82) is 0 Å². The van der Waals surface area contributed by atoms with Gasteiger partial charge in [-0.25, -0.2) is 13.1 Å². The second-order valence-corrected chi connectivity index (χ2v) is 7.45. The summed E-state index contributed by atoms with van der Waals surface area (Å²) in [6.45, 7) is -0.0713. The lowest BCUT2D eigenvalue weighted by molar-refractivity contribution is 0.242. The average molecular weight is 395 g/mol. The molecule has 0 spiro atoms. The summed E-state index contributed by atoms with van der Waals surface area (Å²) in [6.07, 6.45) is 0. The Balaban J connectivity index is 1.57. The Labute approximate surface area is 155 Å². The smallest absolute Gasteiger partial charge is 0.264 e. The number of hydrogen-bond donors (Lipinski definition) is 2. The molecule has 3 aromatic rings. The van der Waals surface area contributed by atoms with E-state index >= 15 is 0 Å². The summed E-state index contributed by atoms with van der Waals surface area (Å²) in [5.41, 5.74) is 5.96. The molecule has 3 N–H and O–H groups in total. The molecule has 0 saturated heterocycles. The predicted molar refractivity (Wildman–Crippen MR) is 95.0 cm³/mol. The first-order valence-corrected chi connectivity index (χ1v) is 9.33. The van der Waals surface area contributed by atoms with Gasteiger partial charge in [0.05, 0.1) is 11.4 Å². The van der Waals surface area contributed by atoms with E-state index < -0.39 is 10.0 Å². The lowest BCUT2D eigenvalue weighted by Crippen LogP contribution is -2.24. The first-order chi connectivity index (χ1) is 12.4. The Morgan fingerprint density at radius 3 is 2.69 bits per heavy atom. The molecule has 3 rings (SSSR count). The summed E-state index contributed by atoms with van der Waals surface area (Å²) in [5.74, 6) is 1.00. The highest BCUT2D eigenvalue weighted by atomic mass is 35.5. The van der Waals surface area contributed by atoms with Gasteiger partial charge in [-0.05, 0) is 42.5 Å². The number of sulfonamides is 1. The van der Waals surface area contributed by atoms with Crippen LogP contribution in [0.1, 0.15) is 11.7 Å². The molecule has 8 nitrogen and oxygen atoms in total. The lowest BCUT2D eigenvalue weighted by Gasteiger charge is -2.05. The van der Waals surface area contributed by atoms with E-state index in [1.165, 1.54) is 12.1 Å². The molecule has 0 aliphatic rings. The van der Waals surface area contributed by atoms with Gasteiger partial charge in [-0.1, -0.05) is 22.8 Å². The van der Waals surface area contributed by atoms with Crippen LogP contribution in [0.4, 0.5) is 5.69 Å². The Kier molecular flexibility index (Phi) is 5.40. The average Bonchev–Trinajstić information content (AvgIpc) is 3.08. The zero-order valence-corrected chi connectivity index (χ0v) is 15.0. The molecular formula is C16H15ClN4O4S. The van der Waals surface area contributed by atoms with Crippen LogP contribution in [0, 0.1) is 0 Å². The van der Waals surface area contributed by atoms with Crippen molar-refractivity contribution in [2.45, 2.75) is 18.0 Å². The molecule has 0 bridgehead atoms. The normalized spacial score (nSPS) is 11.4. The van der Waals surface area contributed by atoms with Crippen molar-refractivity contribution < 1.29 is 17.7 Å². The van der Waals surface area contributed by atoms with E-state index in [-0.39, 0.29) is 29.8 Å². The standard InChI is InChI=1S/C16H15ClN4O4S/c17-11-4-6-13(7-5-11)24-10-16-20-15(21-25-16)9-19-26(22,23)14-3-1-2-12(18)8-14/h1-8,19H,9-10,18H2. The molecule has 0 unspecified atom stereocenters. The second-order valence-electron chi connectivity index (χ2n) is 5.24. The molecule has 136 valence electrons. The van der Waals surface area contributed by atoms with E-state index in [4.69, 9.17) is 26.6 Å². The van der Waals surface area contributed by atoms with E-state index in [9.17, 15) is 8.42 Å². The van der Waals surface area contributed by atoms with Gasteiger partial charge in [-0.3, -0.25) is 0 Å². The van der Waals surface area contributed by atoms with Crippen LogP contribution in [0.2, 0.25) is 5.02 Å². The lowest BCUT2D eigenvalue weighted by atomic mass is 10.3. The van der Waals surface area contributed by atoms with Gasteiger partial charge in [0, 0.05) is 10.7 Å². The SMILES string of the molecule is Nc1cccc(S(=O)(=O)NCc2noc(COc3ccc(Cl)cc3)n2)c1. The number of ether oxygens (including phenoxy) is 1. The third-order valence-electron chi connectivity index (χ3n) is 3.27. The van der Waals surface area contributed by atoms with Gasteiger partial charge in [0.2, 0.25) is 10.0 Å².